The molecule has 0 saturated carbocycles. The van der Waals surface area contributed by atoms with E-state index in [1.807, 2.05) is 45.0 Å². The number of nitrogens with one attached hydrogen (secondary N) is 3. The van der Waals surface area contributed by atoms with Gasteiger partial charge in [-0.25, -0.2) is 0 Å². The first-order valence-electron chi connectivity index (χ1n) is 8.65. The summed E-state index contributed by atoms with van der Waals surface area (Å²) in [7, 11) is 0. The Hall–Kier alpha value is -3.02. The molecule has 0 spiro atoms. The van der Waals surface area contributed by atoms with Crippen molar-refractivity contribution in [3.05, 3.63) is 54.1 Å². The minimum atomic E-state index is -0.168. The fraction of sp³-hybridized carbons (Fsp3) is 0.300. The van der Waals surface area contributed by atoms with Crippen LogP contribution < -0.4 is 20.7 Å². The van der Waals surface area contributed by atoms with E-state index in [-0.39, 0.29) is 24.4 Å². The van der Waals surface area contributed by atoms with Crippen molar-refractivity contribution in [1.29, 1.82) is 0 Å². The molecule has 2 aromatic rings. The number of rotatable bonds is 8. The van der Waals surface area contributed by atoms with E-state index >= 15 is 0 Å². The highest BCUT2D eigenvalue weighted by atomic mass is 16.5. The Morgan fingerprint density at radius 3 is 2.15 bits per heavy atom. The van der Waals surface area contributed by atoms with Gasteiger partial charge in [0.2, 0.25) is 5.91 Å². The number of amides is 2. The lowest BCUT2D eigenvalue weighted by Gasteiger charge is -2.10. The molecule has 0 heterocycles. The minimum Gasteiger partial charge on any atom is -0.494 e. The van der Waals surface area contributed by atoms with Crippen LogP contribution in [0, 0.1) is 0 Å². The minimum absolute atomic E-state index is 0.0792. The molecule has 0 unspecified atom stereocenters. The third-order valence-corrected chi connectivity index (χ3v) is 3.47. The second-order valence-electron chi connectivity index (χ2n) is 6.06. The molecule has 0 saturated heterocycles. The third-order valence-electron chi connectivity index (χ3n) is 3.47. The van der Waals surface area contributed by atoms with Crippen molar-refractivity contribution in [2.45, 2.75) is 26.8 Å². The van der Waals surface area contributed by atoms with Crippen LogP contribution in [0.2, 0.25) is 0 Å². The summed E-state index contributed by atoms with van der Waals surface area (Å²) >= 11 is 0. The molecule has 26 heavy (non-hydrogen) atoms. The fourth-order valence-corrected chi connectivity index (χ4v) is 2.27. The summed E-state index contributed by atoms with van der Waals surface area (Å²) in [6.07, 6.45) is 0. The lowest BCUT2D eigenvalue weighted by molar-refractivity contribution is -0.114. The highest BCUT2D eigenvalue weighted by Gasteiger charge is 2.07. The lowest BCUT2D eigenvalue weighted by Crippen LogP contribution is -2.30. The van der Waals surface area contributed by atoms with E-state index in [1.165, 1.54) is 0 Å². The molecule has 2 rings (SSSR count). The summed E-state index contributed by atoms with van der Waals surface area (Å²) < 4.78 is 5.38. The first-order valence-corrected chi connectivity index (χ1v) is 8.65. The van der Waals surface area contributed by atoms with E-state index in [1.54, 1.807) is 24.3 Å². The third kappa shape index (κ3) is 6.12. The van der Waals surface area contributed by atoms with E-state index in [0.717, 1.165) is 11.4 Å². The number of ether oxygens (including phenoxy) is 1. The maximum Gasteiger partial charge on any atom is 0.251 e. The van der Waals surface area contributed by atoms with Crippen LogP contribution in [-0.4, -0.2) is 31.0 Å². The van der Waals surface area contributed by atoms with Crippen LogP contribution >= 0.6 is 0 Å². The summed E-state index contributed by atoms with van der Waals surface area (Å²) in [5, 5.41) is 8.67. The second kappa shape index (κ2) is 9.46. The number of carbonyl (C=O) groups is 2. The van der Waals surface area contributed by atoms with Crippen LogP contribution in [0.3, 0.4) is 0 Å². The van der Waals surface area contributed by atoms with Gasteiger partial charge in [0.15, 0.2) is 0 Å². The van der Waals surface area contributed by atoms with Gasteiger partial charge in [0.1, 0.15) is 5.75 Å². The summed E-state index contributed by atoms with van der Waals surface area (Å²) in [6, 6.07) is 14.3. The van der Waals surface area contributed by atoms with Crippen molar-refractivity contribution in [3.63, 3.8) is 0 Å². The molecule has 0 fully saturated rings. The maximum atomic E-state index is 12.0. The number of benzene rings is 2. The topological polar surface area (TPSA) is 79.5 Å². The van der Waals surface area contributed by atoms with Gasteiger partial charge < -0.3 is 20.7 Å². The van der Waals surface area contributed by atoms with Crippen molar-refractivity contribution in [2.75, 3.05) is 23.8 Å². The van der Waals surface area contributed by atoms with Crippen LogP contribution in [0.25, 0.3) is 0 Å². The summed E-state index contributed by atoms with van der Waals surface area (Å²) in [4.78, 5) is 23.9. The van der Waals surface area contributed by atoms with Crippen LogP contribution in [0.4, 0.5) is 11.4 Å². The molecule has 3 N–H and O–H groups in total. The molecule has 6 heteroatoms. The molecular weight excluding hydrogens is 330 g/mol. The van der Waals surface area contributed by atoms with E-state index in [0.29, 0.717) is 17.9 Å². The van der Waals surface area contributed by atoms with Crippen molar-refractivity contribution in [1.82, 2.24) is 5.32 Å². The summed E-state index contributed by atoms with van der Waals surface area (Å²) in [5.41, 5.74) is 2.04. The predicted molar refractivity (Wildman–Crippen MR) is 104 cm³/mol. The largest absolute Gasteiger partial charge is 0.494 e. The molecule has 0 bridgehead atoms. The van der Waals surface area contributed by atoms with Gasteiger partial charge >= 0.3 is 0 Å². The van der Waals surface area contributed by atoms with Gasteiger partial charge in [-0.15, -0.1) is 0 Å². The van der Waals surface area contributed by atoms with Gasteiger partial charge in [0.05, 0.1) is 13.2 Å². The number of anilines is 2. The second-order valence-corrected chi connectivity index (χ2v) is 6.06. The van der Waals surface area contributed by atoms with Crippen molar-refractivity contribution >= 4 is 23.2 Å². The van der Waals surface area contributed by atoms with Gasteiger partial charge in [-0.1, -0.05) is 0 Å². The highest BCUT2D eigenvalue weighted by molar-refractivity contribution is 5.96. The molecule has 2 aromatic carbocycles. The van der Waals surface area contributed by atoms with Crippen LogP contribution in [0.1, 0.15) is 31.1 Å². The normalized spacial score (nSPS) is 10.3. The monoisotopic (exact) mass is 355 g/mol. The van der Waals surface area contributed by atoms with Gasteiger partial charge in [-0.2, -0.15) is 0 Å². The Kier molecular flexibility index (Phi) is 7.02. The first-order chi connectivity index (χ1) is 12.5. The zero-order chi connectivity index (χ0) is 18.9. The smallest absolute Gasteiger partial charge is 0.251 e. The summed E-state index contributed by atoms with van der Waals surface area (Å²) in [6.45, 7) is 6.50. The number of carbonyl (C=O) groups excluding carboxylic acids is 2. The van der Waals surface area contributed by atoms with E-state index < -0.39 is 0 Å². The van der Waals surface area contributed by atoms with Crippen LogP contribution in [-0.2, 0) is 4.79 Å². The van der Waals surface area contributed by atoms with Crippen molar-refractivity contribution in [3.8, 4) is 5.75 Å². The molecule has 0 aliphatic carbocycles. The van der Waals surface area contributed by atoms with Gasteiger partial charge in [0.25, 0.3) is 5.91 Å². The maximum absolute atomic E-state index is 12.0. The quantitative estimate of drug-likeness (QED) is 0.679. The summed E-state index contributed by atoms with van der Waals surface area (Å²) in [5.74, 6) is 0.498. The molecule has 2 amide bonds. The molecule has 6 nitrogen and oxygen atoms in total. The molecular formula is C20H25N3O3. The molecule has 0 atom stereocenters. The van der Waals surface area contributed by atoms with Crippen LogP contribution in [0.5, 0.6) is 5.75 Å². The fourth-order valence-electron chi connectivity index (χ4n) is 2.27. The Balaban J connectivity index is 1.82. The Bertz CT molecular complexity index is 725. The van der Waals surface area contributed by atoms with Gasteiger partial charge in [-0.05, 0) is 69.3 Å². The molecule has 138 valence electrons. The zero-order valence-corrected chi connectivity index (χ0v) is 15.3. The van der Waals surface area contributed by atoms with E-state index in [2.05, 4.69) is 16.0 Å². The SMILES string of the molecule is CCOc1ccc(NCC(=O)Nc2ccc(C(=O)NC(C)C)cc2)cc1. The average Bonchev–Trinajstić information content (AvgIpc) is 2.61. The van der Waals surface area contributed by atoms with Crippen molar-refractivity contribution < 1.29 is 14.3 Å². The molecule has 0 aliphatic heterocycles. The lowest BCUT2D eigenvalue weighted by atomic mass is 10.2. The first kappa shape index (κ1) is 19.3. The Morgan fingerprint density at radius 2 is 1.58 bits per heavy atom. The van der Waals surface area contributed by atoms with E-state index in [4.69, 9.17) is 4.74 Å². The van der Waals surface area contributed by atoms with Crippen LogP contribution in [0.15, 0.2) is 48.5 Å². The number of hydrogen-bond donors (Lipinski definition) is 3. The van der Waals surface area contributed by atoms with Gasteiger partial charge in [-0.3, -0.25) is 9.59 Å². The Morgan fingerprint density at radius 1 is 0.962 bits per heavy atom. The Labute approximate surface area is 153 Å². The predicted octanol–water partition coefficient (Wildman–Crippen LogP) is 3.27. The van der Waals surface area contributed by atoms with E-state index in [9.17, 15) is 9.59 Å². The molecule has 0 radical (unpaired) electrons. The molecule has 0 aliphatic rings. The molecule has 0 aromatic heterocycles. The average molecular weight is 355 g/mol. The zero-order valence-electron chi connectivity index (χ0n) is 15.3. The van der Waals surface area contributed by atoms with Gasteiger partial charge in [0, 0.05) is 23.0 Å². The highest BCUT2D eigenvalue weighted by Crippen LogP contribution is 2.15. The van der Waals surface area contributed by atoms with Crippen molar-refractivity contribution in [2.24, 2.45) is 0 Å². The standard InChI is InChI=1S/C20H25N3O3/c1-4-26-18-11-9-16(10-12-18)21-13-19(24)23-17-7-5-15(6-8-17)20(25)22-14(2)3/h5-12,14,21H,4,13H2,1-3H3,(H,22,25)(H,23,24). The number of hydrogen-bond acceptors (Lipinski definition) is 4.